The van der Waals surface area contributed by atoms with Crippen molar-refractivity contribution in [2.24, 2.45) is 0 Å². The second-order valence-corrected chi connectivity index (χ2v) is 6.53. The first-order valence-corrected chi connectivity index (χ1v) is 7.96. The highest BCUT2D eigenvalue weighted by Gasteiger charge is 2.44. The van der Waals surface area contributed by atoms with Gasteiger partial charge in [-0.05, 0) is 45.5 Å². The lowest BCUT2D eigenvalue weighted by Gasteiger charge is -2.26. The lowest BCUT2D eigenvalue weighted by atomic mass is 9.87. The Hall–Kier alpha value is -1.57. The van der Waals surface area contributed by atoms with Crippen LogP contribution in [0.15, 0.2) is 59.3 Å². The fraction of sp³-hybridized carbons (Fsp3) is 0.111. The number of aryl methyl sites for hydroxylation is 1. The van der Waals surface area contributed by atoms with Gasteiger partial charge in [-0.15, -0.1) is 11.6 Å². The molecule has 3 aromatic rings. The van der Waals surface area contributed by atoms with Crippen LogP contribution in [0.1, 0.15) is 22.3 Å². The van der Waals surface area contributed by atoms with Gasteiger partial charge in [0.05, 0.1) is 0 Å². The fourth-order valence-corrected chi connectivity index (χ4v) is 4.68. The quantitative estimate of drug-likeness (QED) is 0.515. The fourth-order valence-electron chi connectivity index (χ4n) is 3.19. The second-order valence-electron chi connectivity index (χ2n) is 5.22. The molecule has 1 heterocycles. The zero-order valence-electron chi connectivity index (χ0n) is 11.1. The van der Waals surface area contributed by atoms with Gasteiger partial charge >= 0.3 is 0 Å². The van der Waals surface area contributed by atoms with Gasteiger partial charge in [0.2, 0.25) is 0 Å². The SMILES string of the molecule is Cc1ccccc1C1(Cl)c2ccccc2-c2cscc21. The molecular weight excluding hydrogens is 284 g/mol. The first-order chi connectivity index (χ1) is 9.73. The van der Waals surface area contributed by atoms with Crippen molar-refractivity contribution in [3.05, 3.63) is 81.5 Å². The van der Waals surface area contributed by atoms with E-state index >= 15 is 0 Å². The Labute approximate surface area is 127 Å². The van der Waals surface area contributed by atoms with Gasteiger partial charge in [0, 0.05) is 5.56 Å². The predicted octanol–water partition coefficient (Wildman–Crippen LogP) is 5.57. The van der Waals surface area contributed by atoms with E-state index < -0.39 is 4.87 Å². The van der Waals surface area contributed by atoms with Gasteiger partial charge in [0.1, 0.15) is 4.87 Å². The third-order valence-corrected chi connectivity index (χ3v) is 5.49. The number of halogens is 1. The van der Waals surface area contributed by atoms with E-state index in [0.717, 1.165) is 0 Å². The average molecular weight is 297 g/mol. The molecule has 0 amide bonds. The van der Waals surface area contributed by atoms with Crippen LogP contribution in [0.2, 0.25) is 0 Å². The summed E-state index contributed by atoms with van der Waals surface area (Å²) in [7, 11) is 0. The van der Waals surface area contributed by atoms with E-state index in [2.05, 4.69) is 66.2 Å². The highest BCUT2D eigenvalue weighted by Crippen LogP contribution is 2.56. The standard InChI is InChI=1S/C18H13ClS/c1-12-6-2-4-8-15(12)18(19)16-9-5-3-7-13(16)14-10-20-11-17(14)18/h2-11H,1H3. The van der Waals surface area contributed by atoms with E-state index in [1.165, 1.54) is 33.4 Å². The maximum absolute atomic E-state index is 7.21. The smallest absolute Gasteiger partial charge is 0.122 e. The third-order valence-electron chi connectivity index (χ3n) is 4.14. The van der Waals surface area contributed by atoms with E-state index in [4.69, 9.17) is 11.6 Å². The van der Waals surface area contributed by atoms with Gasteiger partial charge in [-0.3, -0.25) is 0 Å². The zero-order valence-corrected chi connectivity index (χ0v) is 12.6. The van der Waals surface area contributed by atoms with E-state index in [-0.39, 0.29) is 0 Å². The minimum atomic E-state index is -0.544. The van der Waals surface area contributed by atoms with Gasteiger partial charge in [-0.25, -0.2) is 0 Å². The summed E-state index contributed by atoms with van der Waals surface area (Å²) in [5, 5.41) is 4.39. The summed E-state index contributed by atoms with van der Waals surface area (Å²) < 4.78 is 0. The molecule has 98 valence electrons. The maximum atomic E-state index is 7.21. The predicted molar refractivity (Wildman–Crippen MR) is 86.7 cm³/mol. The normalized spacial score (nSPS) is 19.7. The molecule has 0 N–H and O–H groups in total. The minimum absolute atomic E-state index is 0.544. The number of benzene rings is 2. The maximum Gasteiger partial charge on any atom is 0.122 e. The van der Waals surface area contributed by atoms with Gasteiger partial charge < -0.3 is 0 Å². The summed E-state index contributed by atoms with van der Waals surface area (Å²) >= 11 is 8.93. The zero-order chi connectivity index (χ0) is 13.7. The first kappa shape index (κ1) is 12.2. The van der Waals surface area contributed by atoms with Crippen molar-refractivity contribution in [1.82, 2.24) is 0 Å². The Morgan fingerprint density at radius 2 is 1.50 bits per heavy atom. The monoisotopic (exact) mass is 296 g/mol. The molecule has 0 bridgehead atoms. The average Bonchev–Trinajstić information content (AvgIpc) is 3.04. The van der Waals surface area contributed by atoms with Gasteiger partial charge in [-0.1, -0.05) is 48.5 Å². The van der Waals surface area contributed by atoms with E-state index in [0.29, 0.717) is 0 Å². The van der Waals surface area contributed by atoms with E-state index in [9.17, 15) is 0 Å². The molecule has 2 heteroatoms. The summed E-state index contributed by atoms with van der Waals surface area (Å²) in [5.74, 6) is 0. The van der Waals surface area contributed by atoms with Crippen LogP contribution in [0.3, 0.4) is 0 Å². The lowest BCUT2D eigenvalue weighted by molar-refractivity contribution is 0.903. The lowest BCUT2D eigenvalue weighted by Crippen LogP contribution is -2.19. The highest BCUT2D eigenvalue weighted by atomic mass is 35.5. The Kier molecular flexibility index (Phi) is 2.57. The molecule has 0 spiro atoms. The summed E-state index contributed by atoms with van der Waals surface area (Å²) in [6.45, 7) is 2.13. The number of hydrogen-bond acceptors (Lipinski definition) is 1. The summed E-state index contributed by atoms with van der Waals surface area (Å²) in [5.41, 5.74) is 7.39. The molecule has 0 aliphatic heterocycles. The largest absolute Gasteiger partial charge is 0.151 e. The molecule has 4 rings (SSSR count). The molecular formula is C18H13ClS. The molecule has 0 saturated carbocycles. The van der Waals surface area contributed by atoms with Crippen molar-refractivity contribution in [1.29, 1.82) is 0 Å². The van der Waals surface area contributed by atoms with Crippen molar-refractivity contribution in [3.8, 4) is 11.1 Å². The minimum Gasteiger partial charge on any atom is -0.151 e. The Morgan fingerprint density at radius 3 is 2.30 bits per heavy atom. The van der Waals surface area contributed by atoms with Gasteiger partial charge in [0.25, 0.3) is 0 Å². The molecule has 1 aliphatic rings. The molecule has 1 aromatic heterocycles. The molecule has 0 radical (unpaired) electrons. The molecule has 1 aliphatic carbocycles. The van der Waals surface area contributed by atoms with Crippen LogP contribution >= 0.6 is 22.9 Å². The van der Waals surface area contributed by atoms with Crippen molar-refractivity contribution in [2.45, 2.75) is 11.8 Å². The summed E-state index contributed by atoms with van der Waals surface area (Å²) in [6, 6.07) is 16.9. The molecule has 1 unspecified atom stereocenters. The van der Waals surface area contributed by atoms with Gasteiger partial charge in [-0.2, -0.15) is 11.3 Å². The number of hydrogen-bond donors (Lipinski definition) is 0. The van der Waals surface area contributed by atoms with Crippen LogP contribution in [0, 0.1) is 6.92 Å². The molecule has 0 saturated heterocycles. The Morgan fingerprint density at radius 1 is 0.800 bits per heavy atom. The molecule has 0 fully saturated rings. The van der Waals surface area contributed by atoms with Crippen LogP contribution in [-0.4, -0.2) is 0 Å². The summed E-state index contributed by atoms with van der Waals surface area (Å²) in [6.07, 6.45) is 0. The Balaban J connectivity index is 2.10. The first-order valence-electron chi connectivity index (χ1n) is 6.64. The molecule has 0 nitrogen and oxygen atoms in total. The highest BCUT2D eigenvalue weighted by molar-refractivity contribution is 7.08. The van der Waals surface area contributed by atoms with Crippen LogP contribution in [0.5, 0.6) is 0 Å². The number of alkyl halides is 1. The number of thiophene rings is 1. The summed E-state index contributed by atoms with van der Waals surface area (Å²) in [4.78, 5) is -0.544. The number of fused-ring (bicyclic) bond motifs is 3. The van der Waals surface area contributed by atoms with Crippen LogP contribution < -0.4 is 0 Å². The molecule has 2 aromatic carbocycles. The second kappa shape index (κ2) is 4.21. The van der Waals surface area contributed by atoms with E-state index in [1.54, 1.807) is 11.3 Å². The van der Waals surface area contributed by atoms with E-state index in [1.807, 2.05) is 0 Å². The van der Waals surface area contributed by atoms with Crippen molar-refractivity contribution in [2.75, 3.05) is 0 Å². The molecule has 1 atom stereocenters. The van der Waals surface area contributed by atoms with Crippen LogP contribution in [-0.2, 0) is 4.87 Å². The van der Waals surface area contributed by atoms with Crippen molar-refractivity contribution < 1.29 is 0 Å². The van der Waals surface area contributed by atoms with Crippen LogP contribution in [0.4, 0.5) is 0 Å². The molecule has 20 heavy (non-hydrogen) atoms. The van der Waals surface area contributed by atoms with Crippen molar-refractivity contribution >= 4 is 22.9 Å². The van der Waals surface area contributed by atoms with Gasteiger partial charge in [0.15, 0.2) is 0 Å². The Bertz CT molecular complexity index is 802. The van der Waals surface area contributed by atoms with Crippen LogP contribution in [0.25, 0.3) is 11.1 Å². The third kappa shape index (κ3) is 1.42. The van der Waals surface area contributed by atoms with Crippen molar-refractivity contribution in [3.63, 3.8) is 0 Å². The topological polar surface area (TPSA) is 0 Å². The number of rotatable bonds is 1.